The summed E-state index contributed by atoms with van der Waals surface area (Å²) in [6.45, 7) is 10.0. The van der Waals surface area contributed by atoms with E-state index < -0.39 is 5.54 Å². The van der Waals surface area contributed by atoms with Gasteiger partial charge < -0.3 is 14.4 Å². The maximum absolute atomic E-state index is 13.7. The van der Waals surface area contributed by atoms with Crippen molar-refractivity contribution < 1.29 is 14.3 Å². The lowest BCUT2D eigenvalue weighted by Gasteiger charge is -2.33. The first-order valence-corrected chi connectivity index (χ1v) is 16.1. The van der Waals surface area contributed by atoms with Gasteiger partial charge in [-0.2, -0.15) is 0 Å². The molecule has 2 N–H and O–H groups in total. The second kappa shape index (κ2) is 17.4. The number of aromatic amines is 1. The van der Waals surface area contributed by atoms with Crippen LogP contribution in [0.2, 0.25) is 5.02 Å². The number of ether oxygens (including phenoxy) is 2. The number of carbonyl (C=O) groups excluding carboxylic acids is 1. The van der Waals surface area contributed by atoms with Crippen molar-refractivity contribution in [1.82, 2.24) is 30.0 Å². The van der Waals surface area contributed by atoms with Gasteiger partial charge in [-0.15, -0.1) is 10.2 Å². The molecule has 0 radical (unpaired) electrons. The third kappa shape index (κ3) is 9.63. The molecule has 1 amide bonds. The van der Waals surface area contributed by atoms with Gasteiger partial charge in [0.2, 0.25) is 11.8 Å². The number of fused-ring (bicyclic) bond motifs is 1. The highest BCUT2D eigenvalue weighted by atomic mass is 35.5. The van der Waals surface area contributed by atoms with Crippen LogP contribution in [-0.4, -0.2) is 63.1 Å². The number of hydrogen-bond donors (Lipinski definition) is 2. The zero-order valence-corrected chi connectivity index (χ0v) is 27.1. The van der Waals surface area contributed by atoms with E-state index in [0.29, 0.717) is 22.4 Å². The van der Waals surface area contributed by atoms with Crippen molar-refractivity contribution in [2.24, 2.45) is 0 Å². The first-order valence-electron chi connectivity index (χ1n) is 15.8. The number of H-pyrrole nitrogens is 1. The number of amides is 1. The quantitative estimate of drug-likeness (QED) is 0.0960. The molecule has 0 atom stereocenters. The summed E-state index contributed by atoms with van der Waals surface area (Å²) >= 11 is 6.57. The second-order valence-corrected chi connectivity index (χ2v) is 12.0. The molecular weight excluding hydrogens is 552 g/mol. The summed E-state index contributed by atoms with van der Waals surface area (Å²) in [4.78, 5) is 15.7. The van der Waals surface area contributed by atoms with Gasteiger partial charge in [-0.3, -0.25) is 15.2 Å². The van der Waals surface area contributed by atoms with Crippen LogP contribution in [0.3, 0.4) is 0 Å². The normalized spacial score (nSPS) is 11.8. The van der Waals surface area contributed by atoms with Gasteiger partial charge in [0.15, 0.2) is 11.5 Å². The van der Waals surface area contributed by atoms with Crippen molar-refractivity contribution in [3.05, 3.63) is 29.3 Å². The number of rotatable bonds is 21. The Morgan fingerprint density at radius 2 is 1.50 bits per heavy atom. The molecule has 3 aromatic rings. The first kappa shape index (κ1) is 33.7. The minimum Gasteiger partial charge on any atom is -0.497 e. The van der Waals surface area contributed by atoms with Gasteiger partial charge in [0, 0.05) is 18.7 Å². The fourth-order valence-corrected chi connectivity index (χ4v) is 5.27. The van der Waals surface area contributed by atoms with Crippen molar-refractivity contribution in [2.75, 3.05) is 26.9 Å². The largest absolute Gasteiger partial charge is 0.497 e. The smallest absolute Gasteiger partial charge is 0.242 e. The summed E-state index contributed by atoms with van der Waals surface area (Å²) in [5, 5.41) is 15.3. The van der Waals surface area contributed by atoms with Gasteiger partial charge in [0.1, 0.15) is 17.5 Å². The Hall–Kier alpha value is -2.78. The predicted molar refractivity (Wildman–Crippen MR) is 170 cm³/mol. The molecule has 0 spiro atoms. The Bertz CT molecular complexity index is 1190. The van der Waals surface area contributed by atoms with Crippen molar-refractivity contribution in [3.63, 3.8) is 0 Å². The number of methoxy groups -OCH3 is 1. The fraction of sp³-hybridized carbons (Fsp3) is 0.656. The maximum atomic E-state index is 13.7. The van der Waals surface area contributed by atoms with Gasteiger partial charge in [0.25, 0.3) is 0 Å². The predicted octanol–water partition coefficient (Wildman–Crippen LogP) is 7.64. The molecule has 2 heterocycles. The van der Waals surface area contributed by atoms with Crippen LogP contribution in [0.4, 0.5) is 0 Å². The molecule has 0 bridgehead atoms. The number of halogens is 1. The van der Waals surface area contributed by atoms with E-state index in [1.165, 1.54) is 51.4 Å². The number of benzene rings is 1. The molecule has 42 heavy (non-hydrogen) atoms. The summed E-state index contributed by atoms with van der Waals surface area (Å²) in [7, 11) is 1.63. The molecule has 3 rings (SSSR count). The third-order valence-corrected chi connectivity index (χ3v) is 8.08. The van der Waals surface area contributed by atoms with E-state index in [1.807, 2.05) is 38.1 Å². The molecule has 234 valence electrons. The lowest BCUT2D eigenvalue weighted by molar-refractivity contribution is -0.137. The van der Waals surface area contributed by atoms with Gasteiger partial charge in [-0.25, -0.2) is 4.52 Å². The summed E-state index contributed by atoms with van der Waals surface area (Å²) in [6, 6.07) is 7.54. The minimum atomic E-state index is -0.792. The Balaban J connectivity index is 1.58. The van der Waals surface area contributed by atoms with Crippen LogP contribution >= 0.6 is 11.6 Å². The van der Waals surface area contributed by atoms with E-state index in [4.69, 9.17) is 21.1 Å². The van der Waals surface area contributed by atoms with E-state index in [9.17, 15) is 4.79 Å². The van der Waals surface area contributed by atoms with Gasteiger partial charge in [0.05, 0.1) is 12.6 Å². The molecule has 0 fully saturated rings. The molecule has 0 unspecified atom stereocenters. The van der Waals surface area contributed by atoms with E-state index in [2.05, 4.69) is 39.4 Å². The van der Waals surface area contributed by atoms with E-state index in [0.717, 1.165) is 50.1 Å². The number of carbonyl (C=O) groups is 1. The lowest BCUT2D eigenvalue weighted by Crippen LogP contribution is -2.55. The van der Waals surface area contributed by atoms with Crippen molar-refractivity contribution in [3.8, 4) is 23.0 Å². The topological polar surface area (TPSA) is 96.8 Å². The van der Waals surface area contributed by atoms with Crippen molar-refractivity contribution >= 4 is 23.2 Å². The second-order valence-electron chi connectivity index (χ2n) is 11.6. The third-order valence-electron chi connectivity index (χ3n) is 7.74. The minimum absolute atomic E-state index is 0.103. The number of unbranched alkanes of at least 4 members (excludes halogenated alkanes) is 10. The highest BCUT2D eigenvalue weighted by Gasteiger charge is 2.31. The Kier molecular flexibility index (Phi) is 13.9. The van der Waals surface area contributed by atoms with E-state index in [-0.39, 0.29) is 12.6 Å². The maximum Gasteiger partial charge on any atom is 0.242 e. The summed E-state index contributed by atoms with van der Waals surface area (Å²) in [5.41, 5.74) is 0.532. The van der Waals surface area contributed by atoms with Crippen LogP contribution in [0.1, 0.15) is 105 Å². The van der Waals surface area contributed by atoms with Gasteiger partial charge in [-0.05, 0) is 51.0 Å². The standard InChI is InChI=1S/C32H51ClN6O3/c1-6-8-10-12-14-16-22-38(23-17-15-13-11-9-7-2)31(40)32(3,4)34-24-42-30-27(33)29-36-35-28(39(29)37-30)25-18-20-26(41-5)21-19-25/h18-21,34,37H,6-17,22-24H2,1-5H3. The lowest BCUT2D eigenvalue weighted by atomic mass is 10.0. The highest BCUT2D eigenvalue weighted by Crippen LogP contribution is 2.30. The number of hydrogen-bond acceptors (Lipinski definition) is 6. The SMILES string of the molecule is CCCCCCCCN(CCCCCCCC)C(=O)C(C)(C)NCOc1[nH]n2c(-c3ccc(OC)cc3)nnc2c1Cl. The van der Waals surface area contributed by atoms with Crippen molar-refractivity contribution in [2.45, 2.75) is 110 Å². The zero-order valence-electron chi connectivity index (χ0n) is 26.3. The molecule has 10 heteroatoms. The van der Waals surface area contributed by atoms with Crippen LogP contribution in [0.5, 0.6) is 11.6 Å². The van der Waals surface area contributed by atoms with Crippen LogP contribution < -0.4 is 14.8 Å². The molecule has 9 nitrogen and oxygen atoms in total. The van der Waals surface area contributed by atoms with E-state index >= 15 is 0 Å². The molecule has 0 aliphatic rings. The average Bonchev–Trinajstić information content (AvgIpc) is 3.54. The monoisotopic (exact) mass is 602 g/mol. The summed E-state index contributed by atoms with van der Waals surface area (Å²) in [6.07, 6.45) is 14.5. The van der Waals surface area contributed by atoms with E-state index in [1.54, 1.807) is 11.6 Å². The molecule has 0 aliphatic carbocycles. The number of nitrogens with one attached hydrogen (secondary N) is 2. The molecule has 0 saturated heterocycles. The van der Waals surface area contributed by atoms with Crippen LogP contribution in [0.25, 0.3) is 17.0 Å². The Morgan fingerprint density at radius 3 is 2.07 bits per heavy atom. The van der Waals surface area contributed by atoms with Crippen LogP contribution in [0, 0.1) is 0 Å². The Labute approximate surface area is 256 Å². The highest BCUT2D eigenvalue weighted by molar-refractivity contribution is 6.34. The zero-order chi connectivity index (χ0) is 30.4. The van der Waals surface area contributed by atoms with Gasteiger partial charge in [-0.1, -0.05) is 89.7 Å². The summed E-state index contributed by atoms with van der Waals surface area (Å²) < 4.78 is 12.9. The molecular formula is C32H51ClN6O3. The average molecular weight is 603 g/mol. The molecule has 0 aliphatic heterocycles. The first-order chi connectivity index (χ1) is 20.3. The number of nitrogens with zero attached hydrogens (tertiary/aromatic N) is 4. The summed E-state index contributed by atoms with van der Waals surface area (Å²) in [5.74, 6) is 1.83. The fourth-order valence-electron chi connectivity index (χ4n) is 5.05. The molecule has 2 aromatic heterocycles. The molecule has 0 saturated carbocycles. The van der Waals surface area contributed by atoms with Crippen LogP contribution in [-0.2, 0) is 4.79 Å². The van der Waals surface area contributed by atoms with Crippen LogP contribution in [0.15, 0.2) is 24.3 Å². The van der Waals surface area contributed by atoms with Gasteiger partial charge >= 0.3 is 0 Å². The van der Waals surface area contributed by atoms with Crippen molar-refractivity contribution in [1.29, 1.82) is 0 Å². The number of aromatic nitrogens is 4. The molecule has 1 aromatic carbocycles. The Morgan fingerprint density at radius 1 is 0.929 bits per heavy atom.